The Morgan fingerprint density at radius 3 is 2.86 bits per heavy atom. The fourth-order valence-corrected chi connectivity index (χ4v) is 4.37. The number of likely N-dealkylation sites (tertiary alicyclic amines) is 1. The van der Waals surface area contributed by atoms with Crippen LogP contribution in [0.25, 0.3) is 11.3 Å². The molecule has 2 aliphatic rings. The summed E-state index contributed by atoms with van der Waals surface area (Å²) in [5.41, 5.74) is 3.16. The molecule has 2 aromatic rings. The molecule has 0 saturated carbocycles. The number of rotatable bonds is 5. The zero-order valence-corrected chi connectivity index (χ0v) is 16.6. The number of hydrogen-bond donors (Lipinski definition) is 1. The summed E-state index contributed by atoms with van der Waals surface area (Å²) in [5.74, 6) is 1.79. The number of piperidine rings is 1. The Morgan fingerprint density at radius 1 is 1.25 bits per heavy atom. The highest BCUT2D eigenvalue weighted by atomic mass is 16.2. The molecule has 1 unspecified atom stereocenters. The van der Waals surface area contributed by atoms with Crippen LogP contribution in [-0.4, -0.2) is 44.1 Å². The van der Waals surface area contributed by atoms with Crippen LogP contribution in [0.15, 0.2) is 30.6 Å². The summed E-state index contributed by atoms with van der Waals surface area (Å²) in [6, 6.07) is 1.96. The summed E-state index contributed by atoms with van der Waals surface area (Å²) in [6.45, 7) is 3.79. The van der Waals surface area contributed by atoms with Crippen LogP contribution in [0.1, 0.15) is 62.9 Å². The number of aryl methyl sites for hydroxylation is 1. The van der Waals surface area contributed by atoms with Gasteiger partial charge in [0.2, 0.25) is 5.91 Å². The maximum Gasteiger partial charge on any atom is 0.226 e. The lowest BCUT2D eigenvalue weighted by Crippen LogP contribution is -2.41. The molecule has 0 aromatic carbocycles. The number of hydrogen-bond acceptors (Lipinski definition) is 4. The van der Waals surface area contributed by atoms with Crippen molar-refractivity contribution in [2.75, 3.05) is 13.1 Å². The molecule has 0 spiro atoms. The van der Waals surface area contributed by atoms with Crippen molar-refractivity contribution in [3.05, 3.63) is 42.1 Å². The minimum Gasteiger partial charge on any atom is -0.342 e. The number of aromatic amines is 1. The van der Waals surface area contributed by atoms with Crippen LogP contribution in [0.2, 0.25) is 0 Å². The van der Waals surface area contributed by atoms with Gasteiger partial charge in [0.05, 0.1) is 11.9 Å². The summed E-state index contributed by atoms with van der Waals surface area (Å²) in [7, 11) is 0. The Balaban J connectivity index is 1.43. The van der Waals surface area contributed by atoms with Crippen LogP contribution >= 0.6 is 0 Å². The van der Waals surface area contributed by atoms with E-state index in [4.69, 9.17) is 4.98 Å². The van der Waals surface area contributed by atoms with Gasteiger partial charge in [-0.15, -0.1) is 0 Å². The molecule has 1 aliphatic heterocycles. The number of amides is 1. The van der Waals surface area contributed by atoms with Gasteiger partial charge in [0.1, 0.15) is 5.82 Å². The van der Waals surface area contributed by atoms with Gasteiger partial charge in [-0.05, 0) is 44.6 Å². The zero-order valence-electron chi connectivity index (χ0n) is 16.6. The van der Waals surface area contributed by atoms with Gasteiger partial charge in [0.15, 0.2) is 0 Å². The zero-order chi connectivity index (χ0) is 19.3. The Kier molecular flexibility index (Phi) is 5.84. The summed E-state index contributed by atoms with van der Waals surface area (Å²) < 4.78 is 0. The SMILES string of the molecule is CCCc1nccc(-c2cn[nH]c2C2CCN(C(=O)C3CC=CCC3)CC2)n1. The van der Waals surface area contributed by atoms with Gasteiger partial charge in [0, 0.05) is 48.8 Å². The van der Waals surface area contributed by atoms with Gasteiger partial charge in [-0.1, -0.05) is 19.1 Å². The van der Waals surface area contributed by atoms with E-state index in [0.29, 0.717) is 11.8 Å². The second-order valence-corrected chi connectivity index (χ2v) is 7.89. The van der Waals surface area contributed by atoms with E-state index in [0.717, 1.165) is 80.8 Å². The number of nitrogens with one attached hydrogen (secondary N) is 1. The van der Waals surface area contributed by atoms with Gasteiger partial charge < -0.3 is 4.90 Å². The van der Waals surface area contributed by atoms with Crippen LogP contribution in [0, 0.1) is 5.92 Å². The molecule has 6 heteroatoms. The van der Waals surface area contributed by atoms with Crippen molar-refractivity contribution in [2.45, 2.75) is 57.8 Å². The van der Waals surface area contributed by atoms with E-state index in [9.17, 15) is 4.79 Å². The Hall–Kier alpha value is -2.50. The van der Waals surface area contributed by atoms with E-state index in [-0.39, 0.29) is 5.92 Å². The number of carbonyl (C=O) groups is 1. The third-order valence-electron chi connectivity index (χ3n) is 5.96. The second-order valence-electron chi connectivity index (χ2n) is 7.89. The molecule has 1 atom stereocenters. The summed E-state index contributed by atoms with van der Waals surface area (Å²) in [6.07, 6.45) is 14.8. The van der Waals surface area contributed by atoms with Gasteiger partial charge in [-0.2, -0.15) is 5.10 Å². The molecule has 1 N–H and O–H groups in total. The molecule has 148 valence electrons. The molecule has 2 aromatic heterocycles. The summed E-state index contributed by atoms with van der Waals surface area (Å²) >= 11 is 0. The smallest absolute Gasteiger partial charge is 0.226 e. The fourth-order valence-electron chi connectivity index (χ4n) is 4.37. The van der Waals surface area contributed by atoms with E-state index in [1.807, 2.05) is 18.5 Å². The van der Waals surface area contributed by atoms with Crippen molar-refractivity contribution >= 4 is 5.91 Å². The van der Waals surface area contributed by atoms with Crippen molar-refractivity contribution in [3.63, 3.8) is 0 Å². The van der Waals surface area contributed by atoms with Crippen molar-refractivity contribution in [3.8, 4) is 11.3 Å². The predicted octanol–water partition coefficient (Wildman–Crippen LogP) is 3.88. The molecular weight excluding hydrogens is 350 g/mol. The van der Waals surface area contributed by atoms with E-state index in [2.05, 4.69) is 39.2 Å². The number of carbonyl (C=O) groups excluding carboxylic acids is 1. The maximum absolute atomic E-state index is 12.8. The third kappa shape index (κ3) is 4.01. The maximum atomic E-state index is 12.8. The van der Waals surface area contributed by atoms with E-state index in [1.165, 1.54) is 0 Å². The Morgan fingerprint density at radius 2 is 2.11 bits per heavy atom. The van der Waals surface area contributed by atoms with Crippen LogP contribution < -0.4 is 0 Å². The van der Waals surface area contributed by atoms with Crippen LogP contribution in [-0.2, 0) is 11.2 Å². The van der Waals surface area contributed by atoms with E-state index >= 15 is 0 Å². The molecule has 3 heterocycles. The summed E-state index contributed by atoms with van der Waals surface area (Å²) in [4.78, 5) is 23.9. The summed E-state index contributed by atoms with van der Waals surface area (Å²) in [5, 5.41) is 7.51. The van der Waals surface area contributed by atoms with Gasteiger partial charge in [-0.25, -0.2) is 9.97 Å². The molecule has 1 fully saturated rings. The van der Waals surface area contributed by atoms with Crippen molar-refractivity contribution in [2.24, 2.45) is 5.92 Å². The van der Waals surface area contributed by atoms with Gasteiger partial charge in [0.25, 0.3) is 0 Å². The Labute approximate surface area is 166 Å². The largest absolute Gasteiger partial charge is 0.342 e. The topological polar surface area (TPSA) is 74.8 Å². The normalized spacial score (nSPS) is 20.5. The molecule has 0 radical (unpaired) electrons. The van der Waals surface area contributed by atoms with E-state index < -0.39 is 0 Å². The first-order chi connectivity index (χ1) is 13.8. The Bertz CT molecular complexity index is 835. The molecule has 4 rings (SSSR count). The lowest BCUT2D eigenvalue weighted by molar-refractivity contribution is -0.136. The van der Waals surface area contributed by atoms with Crippen LogP contribution in [0.5, 0.6) is 0 Å². The second kappa shape index (κ2) is 8.67. The highest BCUT2D eigenvalue weighted by Gasteiger charge is 2.30. The third-order valence-corrected chi connectivity index (χ3v) is 5.96. The molecular formula is C22H29N5O. The number of aromatic nitrogens is 4. The van der Waals surface area contributed by atoms with Crippen molar-refractivity contribution in [1.82, 2.24) is 25.1 Å². The van der Waals surface area contributed by atoms with Crippen molar-refractivity contribution < 1.29 is 4.79 Å². The molecule has 1 saturated heterocycles. The molecule has 0 bridgehead atoms. The minimum absolute atomic E-state index is 0.183. The van der Waals surface area contributed by atoms with E-state index in [1.54, 1.807) is 0 Å². The molecule has 6 nitrogen and oxygen atoms in total. The first-order valence-corrected chi connectivity index (χ1v) is 10.6. The first-order valence-electron chi connectivity index (χ1n) is 10.6. The van der Waals surface area contributed by atoms with Gasteiger partial charge >= 0.3 is 0 Å². The molecule has 1 amide bonds. The number of nitrogens with zero attached hydrogens (tertiary/aromatic N) is 4. The number of H-pyrrole nitrogens is 1. The minimum atomic E-state index is 0.183. The van der Waals surface area contributed by atoms with Crippen LogP contribution in [0.3, 0.4) is 0 Å². The van der Waals surface area contributed by atoms with Gasteiger partial charge in [-0.3, -0.25) is 9.89 Å². The molecule has 1 aliphatic carbocycles. The standard InChI is InChI=1S/C22H29N5O/c1-2-6-20-23-12-9-19(25-20)18-15-24-26-21(18)16-10-13-27(14-11-16)22(28)17-7-4-3-5-8-17/h3-4,9,12,15-17H,2,5-8,10-11,13-14H2,1H3,(H,24,26). The highest BCUT2D eigenvalue weighted by Crippen LogP contribution is 2.34. The first kappa shape index (κ1) is 18.8. The van der Waals surface area contributed by atoms with Crippen molar-refractivity contribution in [1.29, 1.82) is 0 Å². The molecule has 28 heavy (non-hydrogen) atoms. The average Bonchev–Trinajstić information content (AvgIpc) is 3.24. The lowest BCUT2D eigenvalue weighted by atomic mass is 9.88. The monoisotopic (exact) mass is 379 g/mol. The average molecular weight is 380 g/mol. The highest BCUT2D eigenvalue weighted by molar-refractivity contribution is 5.79. The quantitative estimate of drug-likeness (QED) is 0.800. The fraction of sp³-hybridized carbons (Fsp3) is 0.545. The number of allylic oxidation sites excluding steroid dienone is 2. The van der Waals surface area contributed by atoms with Crippen LogP contribution in [0.4, 0.5) is 0 Å². The predicted molar refractivity (Wildman–Crippen MR) is 109 cm³/mol. The lowest BCUT2D eigenvalue weighted by Gasteiger charge is -2.34.